The summed E-state index contributed by atoms with van der Waals surface area (Å²) in [5.41, 5.74) is -0.368. The number of anilines is 1. The molecule has 10 heteroatoms. The monoisotopic (exact) mass is 378 g/mol. The quantitative estimate of drug-likeness (QED) is 0.754. The molecule has 0 bridgehead atoms. The van der Waals surface area contributed by atoms with Crippen molar-refractivity contribution in [3.05, 3.63) is 36.5 Å². The molecule has 4 rings (SSSR count). The van der Waals surface area contributed by atoms with Crippen LogP contribution in [-0.4, -0.2) is 49.1 Å². The summed E-state index contributed by atoms with van der Waals surface area (Å²) in [4.78, 5) is 18.3. The second-order valence-corrected chi connectivity index (χ2v) is 6.52. The highest BCUT2D eigenvalue weighted by molar-refractivity contribution is 5.58. The van der Waals surface area contributed by atoms with Crippen LogP contribution < -0.4 is 4.90 Å². The molecule has 1 unspecified atom stereocenters. The zero-order chi connectivity index (χ0) is 19.0. The van der Waals surface area contributed by atoms with Gasteiger partial charge in [0.15, 0.2) is 17.2 Å². The Hall–Kier alpha value is -2.75. The van der Waals surface area contributed by atoms with Crippen LogP contribution in [0.25, 0.3) is 17.2 Å². The number of piperidine rings is 1. The lowest BCUT2D eigenvalue weighted by molar-refractivity contribution is -0.141. The number of aliphatic hydroxyl groups excluding tert-OH is 1. The molecule has 0 aromatic carbocycles. The van der Waals surface area contributed by atoms with Gasteiger partial charge in [-0.25, -0.2) is 19.9 Å². The standard InChI is InChI=1S/C17H17F3N6O/c18-17(19,20)13-9-26-12(6-23-15(26)7-22-13)16-21-4-3-14(24-16)25-5-1-2-11(8-25)10-27/h3-4,6-7,9,11,27H,1-2,5,8,10H2. The van der Waals surface area contributed by atoms with Crippen molar-refractivity contribution < 1.29 is 18.3 Å². The van der Waals surface area contributed by atoms with Gasteiger partial charge in [0.2, 0.25) is 0 Å². The van der Waals surface area contributed by atoms with Gasteiger partial charge in [0.05, 0.1) is 12.4 Å². The van der Waals surface area contributed by atoms with Gasteiger partial charge in [-0.05, 0) is 24.8 Å². The molecule has 1 N–H and O–H groups in total. The fourth-order valence-electron chi connectivity index (χ4n) is 3.27. The van der Waals surface area contributed by atoms with Crippen molar-refractivity contribution >= 4 is 11.5 Å². The summed E-state index contributed by atoms with van der Waals surface area (Å²) in [6, 6.07) is 1.76. The predicted octanol–water partition coefficient (Wildman–Crippen LogP) is 2.41. The van der Waals surface area contributed by atoms with Crippen molar-refractivity contribution in [3.8, 4) is 11.5 Å². The van der Waals surface area contributed by atoms with E-state index in [0.717, 1.165) is 31.8 Å². The summed E-state index contributed by atoms with van der Waals surface area (Å²) >= 11 is 0. The van der Waals surface area contributed by atoms with Gasteiger partial charge < -0.3 is 10.0 Å². The van der Waals surface area contributed by atoms with Gasteiger partial charge in [0, 0.05) is 32.1 Å². The van der Waals surface area contributed by atoms with Gasteiger partial charge in [-0.2, -0.15) is 13.2 Å². The van der Waals surface area contributed by atoms with E-state index in [1.807, 2.05) is 0 Å². The highest BCUT2D eigenvalue weighted by Crippen LogP contribution is 2.29. The van der Waals surface area contributed by atoms with E-state index >= 15 is 0 Å². The SMILES string of the molecule is OCC1CCCN(c2ccnc(-c3cnc4cnc(C(F)(F)F)cn34)n2)C1. The summed E-state index contributed by atoms with van der Waals surface area (Å²) in [5.74, 6) is 1.15. The molecule has 3 aromatic rings. The van der Waals surface area contributed by atoms with E-state index in [9.17, 15) is 18.3 Å². The fourth-order valence-corrected chi connectivity index (χ4v) is 3.27. The van der Waals surface area contributed by atoms with E-state index in [1.54, 1.807) is 12.3 Å². The molecule has 142 valence electrons. The van der Waals surface area contributed by atoms with Crippen LogP contribution in [0.5, 0.6) is 0 Å². The maximum atomic E-state index is 13.0. The zero-order valence-corrected chi connectivity index (χ0v) is 14.3. The minimum absolute atomic E-state index is 0.120. The van der Waals surface area contributed by atoms with E-state index in [-0.39, 0.29) is 24.0 Å². The molecular weight excluding hydrogens is 361 g/mol. The summed E-state index contributed by atoms with van der Waals surface area (Å²) in [6.45, 7) is 1.61. The number of hydrogen-bond donors (Lipinski definition) is 1. The van der Waals surface area contributed by atoms with Gasteiger partial charge >= 0.3 is 6.18 Å². The predicted molar refractivity (Wildman–Crippen MR) is 91.0 cm³/mol. The van der Waals surface area contributed by atoms with Gasteiger partial charge in [-0.15, -0.1) is 0 Å². The van der Waals surface area contributed by atoms with Gasteiger partial charge in [-0.1, -0.05) is 0 Å². The minimum Gasteiger partial charge on any atom is -0.396 e. The average Bonchev–Trinajstić information content (AvgIpc) is 3.11. The van der Waals surface area contributed by atoms with Crippen LogP contribution in [0.15, 0.2) is 30.9 Å². The molecule has 0 amide bonds. The van der Waals surface area contributed by atoms with Gasteiger partial charge in [0.25, 0.3) is 0 Å². The molecule has 0 aliphatic carbocycles. The first-order valence-electron chi connectivity index (χ1n) is 8.55. The second-order valence-electron chi connectivity index (χ2n) is 6.52. The van der Waals surface area contributed by atoms with Crippen LogP contribution >= 0.6 is 0 Å². The third-order valence-corrected chi connectivity index (χ3v) is 4.66. The van der Waals surface area contributed by atoms with Gasteiger partial charge in [0.1, 0.15) is 11.5 Å². The van der Waals surface area contributed by atoms with Crippen molar-refractivity contribution in [1.82, 2.24) is 24.3 Å². The topological polar surface area (TPSA) is 79.4 Å². The number of nitrogens with zero attached hydrogens (tertiary/aromatic N) is 6. The number of fused-ring (bicyclic) bond motifs is 1. The number of alkyl halides is 3. The Bertz CT molecular complexity index is 957. The number of imidazole rings is 1. The molecule has 4 heterocycles. The van der Waals surface area contributed by atoms with Crippen molar-refractivity contribution in [2.24, 2.45) is 5.92 Å². The fraction of sp³-hybridized carbons (Fsp3) is 0.412. The number of hydrogen-bond acceptors (Lipinski definition) is 6. The third kappa shape index (κ3) is 3.44. The van der Waals surface area contributed by atoms with E-state index < -0.39 is 11.9 Å². The lowest BCUT2D eigenvalue weighted by atomic mass is 9.99. The van der Waals surface area contributed by atoms with Crippen LogP contribution in [0.4, 0.5) is 19.0 Å². The summed E-state index contributed by atoms with van der Waals surface area (Å²) in [6.07, 6.45) is 2.34. The molecule has 7 nitrogen and oxygen atoms in total. The maximum absolute atomic E-state index is 13.0. The normalized spacial score (nSPS) is 18.2. The molecule has 0 spiro atoms. The highest BCUT2D eigenvalue weighted by atomic mass is 19.4. The molecular formula is C17H17F3N6O. The Morgan fingerprint density at radius 3 is 2.81 bits per heavy atom. The van der Waals surface area contributed by atoms with Crippen molar-refractivity contribution in [1.29, 1.82) is 0 Å². The van der Waals surface area contributed by atoms with Crippen LogP contribution in [0.1, 0.15) is 18.5 Å². The second kappa shape index (κ2) is 6.76. The Kier molecular flexibility index (Phi) is 4.42. The first-order valence-corrected chi connectivity index (χ1v) is 8.55. The van der Waals surface area contributed by atoms with Crippen LogP contribution in [0.3, 0.4) is 0 Å². The van der Waals surface area contributed by atoms with Gasteiger partial charge in [-0.3, -0.25) is 4.40 Å². The lowest BCUT2D eigenvalue weighted by Gasteiger charge is -2.32. The molecule has 1 saturated heterocycles. The lowest BCUT2D eigenvalue weighted by Crippen LogP contribution is -2.37. The van der Waals surface area contributed by atoms with Crippen LogP contribution in [0, 0.1) is 5.92 Å². The summed E-state index contributed by atoms with van der Waals surface area (Å²) < 4.78 is 40.2. The molecule has 1 aliphatic rings. The Morgan fingerprint density at radius 2 is 2.04 bits per heavy atom. The summed E-state index contributed by atoms with van der Waals surface area (Å²) in [7, 11) is 0. The highest BCUT2D eigenvalue weighted by Gasteiger charge is 2.33. The smallest absolute Gasteiger partial charge is 0.396 e. The average molecular weight is 378 g/mol. The van der Waals surface area contributed by atoms with Crippen molar-refractivity contribution in [2.45, 2.75) is 19.0 Å². The van der Waals surface area contributed by atoms with E-state index in [0.29, 0.717) is 18.1 Å². The molecule has 1 atom stereocenters. The number of halogens is 3. The molecule has 27 heavy (non-hydrogen) atoms. The number of aromatic nitrogens is 5. The van der Waals surface area contributed by atoms with Crippen LogP contribution in [-0.2, 0) is 6.18 Å². The molecule has 1 aliphatic heterocycles. The number of aliphatic hydroxyl groups is 1. The van der Waals surface area contributed by atoms with E-state index in [4.69, 9.17) is 0 Å². The Morgan fingerprint density at radius 1 is 1.19 bits per heavy atom. The molecule has 0 radical (unpaired) electrons. The third-order valence-electron chi connectivity index (χ3n) is 4.66. The molecule has 3 aromatic heterocycles. The van der Waals surface area contributed by atoms with Crippen molar-refractivity contribution in [2.75, 3.05) is 24.6 Å². The first-order chi connectivity index (χ1) is 13.0. The Balaban J connectivity index is 1.71. The Labute approximate surface area is 152 Å². The number of rotatable bonds is 3. The minimum atomic E-state index is -4.55. The zero-order valence-electron chi connectivity index (χ0n) is 14.3. The summed E-state index contributed by atoms with van der Waals surface area (Å²) in [5, 5.41) is 9.40. The maximum Gasteiger partial charge on any atom is 0.434 e. The van der Waals surface area contributed by atoms with Crippen LogP contribution in [0.2, 0.25) is 0 Å². The largest absolute Gasteiger partial charge is 0.434 e. The van der Waals surface area contributed by atoms with E-state index in [1.165, 1.54) is 10.6 Å². The van der Waals surface area contributed by atoms with Crippen molar-refractivity contribution in [3.63, 3.8) is 0 Å². The molecule has 1 fully saturated rings. The first kappa shape index (κ1) is 17.7. The van der Waals surface area contributed by atoms with E-state index in [2.05, 4.69) is 24.8 Å². The molecule has 0 saturated carbocycles.